The van der Waals surface area contributed by atoms with Gasteiger partial charge in [0.15, 0.2) is 0 Å². The van der Waals surface area contributed by atoms with Crippen LogP contribution in [0.3, 0.4) is 0 Å². The van der Waals surface area contributed by atoms with Crippen LogP contribution in [0.5, 0.6) is 0 Å². The first-order valence-electron chi connectivity index (χ1n) is 4.32. The van der Waals surface area contributed by atoms with Crippen molar-refractivity contribution in [2.75, 3.05) is 0 Å². The van der Waals surface area contributed by atoms with Crippen molar-refractivity contribution >= 4 is 34.6 Å². The van der Waals surface area contributed by atoms with Crippen molar-refractivity contribution in [3.05, 3.63) is 41.1 Å². The Bertz CT molecular complexity index is 543. The highest BCUT2D eigenvalue weighted by molar-refractivity contribution is 6.31. The molecule has 0 saturated carbocycles. The second kappa shape index (κ2) is 3.79. The van der Waals surface area contributed by atoms with Crippen LogP contribution in [-0.2, 0) is 4.79 Å². The summed E-state index contributed by atoms with van der Waals surface area (Å²) in [6.07, 6.45) is 2.77. The van der Waals surface area contributed by atoms with Crippen molar-refractivity contribution in [1.29, 1.82) is 0 Å². The standard InChI is InChI=1S/C11H8ClNO2/c12-8-1-3-10-7(5-8)6-9(15-10)2-4-11(13)14/h1-6H,(H2,13,14). The maximum atomic E-state index is 10.5. The highest BCUT2D eigenvalue weighted by atomic mass is 35.5. The van der Waals surface area contributed by atoms with E-state index in [1.165, 1.54) is 12.2 Å². The van der Waals surface area contributed by atoms with Gasteiger partial charge >= 0.3 is 0 Å². The third-order valence-corrected chi connectivity index (χ3v) is 2.14. The van der Waals surface area contributed by atoms with Crippen LogP contribution >= 0.6 is 11.6 Å². The maximum Gasteiger partial charge on any atom is 0.241 e. The molecule has 1 heterocycles. The number of hydrogen-bond acceptors (Lipinski definition) is 2. The van der Waals surface area contributed by atoms with E-state index in [9.17, 15) is 4.79 Å². The van der Waals surface area contributed by atoms with Crippen molar-refractivity contribution in [3.63, 3.8) is 0 Å². The molecular weight excluding hydrogens is 214 g/mol. The molecule has 1 aromatic carbocycles. The van der Waals surface area contributed by atoms with E-state index >= 15 is 0 Å². The summed E-state index contributed by atoms with van der Waals surface area (Å²) in [5, 5.41) is 1.54. The number of halogens is 1. The lowest BCUT2D eigenvalue weighted by atomic mass is 10.2. The van der Waals surface area contributed by atoms with Crippen LogP contribution in [0.2, 0.25) is 5.02 Å². The Kier molecular flexibility index (Phi) is 2.47. The summed E-state index contributed by atoms with van der Waals surface area (Å²) in [5.41, 5.74) is 5.70. The van der Waals surface area contributed by atoms with Gasteiger partial charge in [-0.05, 0) is 30.3 Å². The van der Waals surface area contributed by atoms with Gasteiger partial charge in [-0.1, -0.05) is 11.6 Å². The fraction of sp³-hybridized carbons (Fsp3) is 0. The number of rotatable bonds is 2. The molecule has 2 rings (SSSR count). The van der Waals surface area contributed by atoms with E-state index < -0.39 is 5.91 Å². The Balaban J connectivity index is 2.43. The summed E-state index contributed by atoms with van der Waals surface area (Å²) >= 11 is 5.82. The minimum atomic E-state index is -0.506. The molecular formula is C11H8ClNO2. The third kappa shape index (κ3) is 2.19. The number of carbonyl (C=O) groups excluding carboxylic acids is 1. The first-order chi connectivity index (χ1) is 7.15. The predicted molar refractivity (Wildman–Crippen MR) is 59.5 cm³/mol. The third-order valence-electron chi connectivity index (χ3n) is 1.91. The SMILES string of the molecule is NC(=O)C=Cc1cc2cc(Cl)ccc2o1. The fourth-order valence-electron chi connectivity index (χ4n) is 1.28. The smallest absolute Gasteiger partial charge is 0.241 e. The van der Waals surface area contributed by atoms with Crippen molar-refractivity contribution in [2.45, 2.75) is 0 Å². The van der Waals surface area contributed by atoms with Gasteiger partial charge < -0.3 is 10.2 Å². The minimum Gasteiger partial charge on any atom is -0.457 e. The van der Waals surface area contributed by atoms with E-state index in [4.69, 9.17) is 21.8 Å². The molecule has 0 radical (unpaired) electrons. The quantitative estimate of drug-likeness (QED) is 0.793. The average molecular weight is 222 g/mol. The lowest BCUT2D eigenvalue weighted by molar-refractivity contribution is -0.113. The van der Waals surface area contributed by atoms with Crippen LogP contribution < -0.4 is 5.73 Å². The Morgan fingerprint density at radius 2 is 2.20 bits per heavy atom. The van der Waals surface area contributed by atoms with E-state index in [1.807, 2.05) is 0 Å². The van der Waals surface area contributed by atoms with Crippen molar-refractivity contribution in [2.24, 2.45) is 5.73 Å². The second-order valence-corrected chi connectivity index (χ2v) is 3.50. The van der Waals surface area contributed by atoms with E-state index in [1.54, 1.807) is 24.3 Å². The Labute approximate surface area is 91.1 Å². The Morgan fingerprint density at radius 1 is 1.40 bits per heavy atom. The molecule has 0 saturated heterocycles. The normalized spacial score (nSPS) is 11.3. The fourth-order valence-corrected chi connectivity index (χ4v) is 1.46. The van der Waals surface area contributed by atoms with Crippen LogP contribution in [0.25, 0.3) is 17.0 Å². The monoisotopic (exact) mass is 221 g/mol. The number of hydrogen-bond donors (Lipinski definition) is 1. The average Bonchev–Trinajstić information content (AvgIpc) is 2.56. The van der Waals surface area contributed by atoms with Gasteiger partial charge in [0.2, 0.25) is 5.91 Å². The first kappa shape index (κ1) is 9.80. The van der Waals surface area contributed by atoms with E-state index in [2.05, 4.69) is 0 Å². The number of benzene rings is 1. The van der Waals surface area contributed by atoms with Gasteiger partial charge in [0.05, 0.1) is 0 Å². The number of primary amides is 1. The van der Waals surface area contributed by atoms with Gasteiger partial charge in [-0.25, -0.2) is 0 Å². The van der Waals surface area contributed by atoms with Crippen LogP contribution in [-0.4, -0.2) is 5.91 Å². The molecule has 0 atom stereocenters. The molecule has 2 aromatic rings. The summed E-state index contributed by atoms with van der Waals surface area (Å²) < 4.78 is 5.42. The second-order valence-electron chi connectivity index (χ2n) is 3.07. The summed E-state index contributed by atoms with van der Waals surface area (Å²) in [6, 6.07) is 7.11. The van der Waals surface area contributed by atoms with E-state index in [0.717, 1.165) is 11.0 Å². The maximum absolute atomic E-state index is 10.5. The summed E-state index contributed by atoms with van der Waals surface area (Å²) in [6.45, 7) is 0. The first-order valence-corrected chi connectivity index (χ1v) is 4.69. The van der Waals surface area contributed by atoms with Gasteiger partial charge in [0.25, 0.3) is 0 Å². The van der Waals surface area contributed by atoms with Crippen LogP contribution in [0.15, 0.2) is 34.8 Å². The summed E-state index contributed by atoms with van der Waals surface area (Å²) in [7, 11) is 0. The highest BCUT2D eigenvalue weighted by Gasteiger charge is 2.01. The van der Waals surface area contributed by atoms with E-state index in [-0.39, 0.29) is 0 Å². The van der Waals surface area contributed by atoms with Crippen molar-refractivity contribution in [3.8, 4) is 0 Å². The van der Waals surface area contributed by atoms with Crippen molar-refractivity contribution < 1.29 is 9.21 Å². The molecule has 0 aliphatic heterocycles. The number of amides is 1. The Morgan fingerprint density at radius 3 is 2.93 bits per heavy atom. The molecule has 0 aliphatic carbocycles. The van der Waals surface area contributed by atoms with Crippen LogP contribution in [0.1, 0.15) is 5.76 Å². The highest BCUT2D eigenvalue weighted by Crippen LogP contribution is 2.23. The topological polar surface area (TPSA) is 56.2 Å². The van der Waals surface area contributed by atoms with Gasteiger partial charge in [-0.3, -0.25) is 4.79 Å². The van der Waals surface area contributed by atoms with Crippen LogP contribution in [0, 0.1) is 0 Å². The molecule has 1 aromatic heterocycles. The van der Waals surface area contributed by atoms with Crippen LogP contribution in [0.4, 0.5) is 0 Å². The molecule has 0 fully saturated rings. The van der Waals surface area contributed by atoms with E-state index in [0.29, 0.717) is 10.8 Å². The zero-order valence-electron chi connectivity index (χ0n) is 7.74. The van der Waals surface area contributed by atoms with Gasteiger partial charge in [0, 0.05) is 16.5 Å². The molecule has 0 aliphatic rings. The van der Waals surface area contributed by atoms with Crippen molar-refractivity contribution in [1.82, 2.24) is 0 Å². The van der Waals surface area contributed by atoms with Gasteiger partial charge in [-0.15, -0.1) is 0 Å². The predicted octanol–water partition coefficient (Wildman–Crippen LogP) is 2.58. The molecule has 76 valence electrons. The number of nitrogens with two attached hydrogens (primary N) is 1. The number of furan rings is 1. The molecule has 15 heavy (non-hydrogen) atoms. The molecule has 2 N–H and O–H groups in total. The molecule has 3 nitrogen and oxygen atoms in total. The van der Waals surface area contributed by atoms with Gasteiger partial charge in [0.1, 0.15) is 11.3 Å². The molecule has 4 heteroatoms. The zero-order valence-corrected chi connectivity index (χ0v) is 8.49. The lowest BCUT2D eigenvalue weighted by Gasteiger charge is -1.87. The number of carbonyl (C=O) groups is 1. The summed E-state index contributed by atoms with van der Waals surface area (Å²) in [5.74, 6) is 0.0690. The van der Waals surface area contributed by atoms with Gasteiger partial charge in [-0.2, -0.15) is 0 Å². The Hall–Kier alpha value is -1.74. The largest absolute Gasteiger partial charge is 0.457 e. The minimum absolute atomic E-state index is 0.506. The molecule has 1 amide bonds. The lowest BCUT2D eigenvalue weighted by Crippen LogP contribution is -2.04. The molecule has 0 bridgehead atoms. The molecule has 0 unspecified atom stereocenters. The number of fused-ring (bicyclic) bond motifs is 1. The summed E-state index contributed by atoms with van der Waals surface area (Å²) in [4.78, 5) is 10.5. The zero-order chi connectivity index (χ0) is 10.8. The molecule has 0 spiro atoms.